The lowest BCUT2D eigenvalue weighted by atomic mass is 10.2. The Morgan fingerprint density at radius 1 is 0.913 bits per heavy atom. The molecule has 23 heavy (non-hydrogen) atoms. The summed E-state index contributed by atoms with van der Waals surface area (Å²) >= 11 is 0. The number of anilines is 5. The number of hydrogen-bond acceptors (Lipinski definition) is 9. The molecule has 2 aromatic heterocycles. The lowest BCUT2D eigenvalue weighted by molar-refractivity contribution is 0.687. The van der Waals surface area contributed by atoms with Crippen LogP contribution in [0, 0.1) is 5.92 Å². The van der Waals surface area contributed by atoms with Crippen LogP contribution in [0.1, 0.15) is 13.8 Å². The van der Waals surface area contributed by atoms with Crippen molar-refractivity contribution in [1.82, 2.24) is 19.9 Å². The smallest absolute Gasteiger partial charge is 0.223 e. The van der Waals surface area contributed by atoms with Gasteiger partial charge in [-0.3, -0.25) is 0 Å². The Hall–Kier alpha value is -2.84. The van der Waals surface area contributed by atoms with Crippen molar-refractivity contribution in [2.24, 2.45) is 5.92 Å². The highest BCUT2D eigenvalue weighted by Crippen LogP contribution is 2.12. The lowest BCUT2D eigenvalue weighted by Gasteiger charge is -2.11. The average Bonchev–Trinajstić information content (AvgIpc) is 2.49. The first-order valence-electron chi connectivity index (χ1n) is 7.47. The summed E-state index contributed by atoms with van der Waals surface area (Å²) in [7, 11) is 0. The highest BCUT2D eigenvalue weighted by atomic mass is 15.1. The first kappa shape index (κ1) is 16.5. The topological polar surface area (TPSA) is 140 Å². The Labute approximate surface area is 135 Å². The highest BCUT2D eigenvalue weighted by molar-refractivity contribution is 5.51. The monoisotopic (exact) mass is 317 g/mol. The van der Waals surface area contributed by atoms with Gasteiger partial charge in [-0.2, -0.15) is 15.0 Å². The molecule has 7 N–H and O–H groups in total. The zero-order chi connectivity index (χ0) is 16.7. The minimum absolute atomic E-state index is 0.234. The Morgan fingerprint density at radius 2 is 1.52 bits per heavy atom. The fourth-order valence-electron chi connectivity index (χ4n) is 1.81. The van der Waals surface area contributed by atoms with Crippen LogP contribution in [-0.4, -0.2) is 39.6 Å². The number of hydrogen-bond donors (Lipinski definition) is 5. The summed E-state index contributed by atoms with van der Waals surface area (Å²) in [6.07, 6.45) is 1.61. The third kappa shape index (κ3) is 5.81. The molecule has 0 saturated heterocycles. The molecule has 9 nitrogen and oxygen atoms in total. The van der Waals surface area contributed by atoms with Gasteiger partial charge in [0.2, 0.25) is 11.9 Å². The van der Waals surface area contributed by atoms with Crippen LogP contribution >= 0.6 is 0 Å². The van der Waals surface area contributed by atoms with Gasteiger partial charge in [0.15, 0.2) is 0 Å². The summed E-state index contributed by atoms with van der Waals surface area (Å²) in [6.45, 7) is 6.37. The van der Waals surface area contributed by atoms with Gasteiger partial charge < -0.3 is 27.4 Å². The molecule has 0 saturated carbocycles. The van der Waals surface area contributed by atoms with Crippen molar-refractivity contribution in [2.75, 3.05) is 47.1 Å². The van der Waals surface area contributed by atoms with E-state index in [1.807, 2.05) is 6.07 Å². The summed E-state index contributed by atoms with van der Waals surface area (Å²) in [5.74, 6) is 3.07. The normalized spacial score (nSPS) is 10.6. The first-order valence-corrected chi connectivity index (χ1v) is 7.47. The quantitative estimate of drug-likeness (QED) is 0.451. The number of rotatable bonds is 8. The molecule has 0 aliphatic carbocycles. The summed E-state index contributed by atoms with van der Waals surface area (Å²) in [4.78, 5) is 16.2. The van der Waals surface area contributed by atoms with Crippen LogP contribution in [0.5, 0.6) is 0 Å². The number of aromatic nitrogens is 4. The van der Waals surface area contributed by atoms with Crippen molar-refractivity contribution in [1.29, 1.82) is 0 Å². The van der Waals surface area contributed by atoms with Gasteiger partial charge in [-0.25, -0.2) is 4.98 Å². The number of nitrogens with two attached hydrogens (primary N) is 2. The second-order valence-electron chi connectivity index (χ2n) is 5.43. The second kappa shape index (κ2) is 7.97. The number of nitrogens with one attached hydrogen (secondary N) is 3. The van der Waals surface area contributed by atoms with E-state index in [0.717, 1.165) is 6.54 Å². The average molecular weight is 317 g/mol. The van der Waals surface area contributed by atoms with Gasteiger partial charge in [0.1, 0.15) is 17.5 Å². The zero-order valence-electron chi connectivity index (χ0n) is 13.4. The Kier molecular flexibility index (Phi) is 5.73. The maximum absolute atomic E-state index is 5.73. The van der Waals surface area contributed by atoms with Crippen molar-refractivity contribution in [2.45, 2.75) is 13.8 Å². The van der Waals surface area contributed by atoms with Crippen molar-refractivity contribution in [3.63, 3.8) is 0 Å². The summed E-state index contributed by atoms with van der Waals surface area (Å²) in [6, 6.07) is 3.59. The minimum Gasteiger partial charge on any atom is -0.370 e. The summed E-state index contributed by atoms with van der Waals surface area (Å²) in [5.41, 5.74) is 11.3. The van der Waals surface area contributed by atoms with Crippen molar-refractivity contribution in [3.05, 3.63) is 18.3 Å². The fraction of sp³-hybridized carbons (Fsp3) is 0.429. The van der Waals surface area contributed by atoms with E-state index in [4.69, 9.17) is 11.5 Å². The van der Waals surface area contributed by atoms with Crippen LogP contribution in [0.15, 0.2) is 18.3 Å². The van der Waals surface area contributed by atoms with Gasteiger partial charge in [-0.1, -0.05) is 13.8 Å². The fourth-order valence-corrected chi connectivity index (χ4v) is 1.81. The molecule has 2 heterocycles. The van der Waals surface area contributed by atoms with Crippen LogP contribution in [0.4, 0.5) is 29.4 Å². The summed E-state index contributed by atoms with van der Waals surface area (Å²) in [5, 5.41) is 9.56. The van der Waals surface area contributed by atoms with E-state index in [9.17, 15) is 0 Å². The molecule has 0 aliphatic heterocycles. The van der Waals surface area contributed by atoms with E-state index < -0.39 is 0 Å². The molecule has 2 aromatic rings. The molecule has 0 bridgehead atoms. The predicted molar refractivity (Wildman–Crippen MR) is 93.2 cm³/mol. The SMILES string of the molecule is CC(C)CNc1cc(NCCNc2ccnc(N)n2)nc(N)n1. The molecule has 0 aromatic carbocycles. The molecule has 2 rings (SSSR count). The summed E-state index contributed by atoms with van der Waals surface area (Å²) < 4.78 is 0. The Bertz CT molecular complexity index is 629. The standard InChI is InChI=1S/C14H23N9/c1-9(2)8-20-12-7-11(22-14(16)23-12)18-6-5-17-10-3-4-19-13(15)21-10/h3-4,7,9H,5-6,8H2,1-2H3,(H3,15,17,19,21)(H4,16,18,20,22,23). The Balaban J connectivity index is 1.83. The molecule has 0 atom stereocenters. The molecular weight excluding hydrogens is 294 g/mol. The number of nitrogen functional groups attached to an aromatic ring is 2. The van der Waals surface area contributed by atoms with Gasteiger partial charge in [0.05, 0.1) is 0 Å². The molecule has 0 aliphatic rings. The molecule has 124 valence electrons. The second-order valence-corrected chi connectivity index (χ2v) is 5.43. The molecule has 0 unspecified atom stereocenters. The van der Waals surface area contributed by atoms with Crippen LogP contribution < -0.4 is 27.4 Å². The maximum atomic E-state index is 5.73. The number of nitrogens with zero attached hydrogens (tertiary/aromatic N) is 4. The van der Waals surface area contributed by atoms with Crippen molar-refractivity contribution >= 4 is 29.4 Å². The van der Waals surface area contributed by atoms with E-state index in [2.05, 4.69) is 49.7 Å². The minimum atomic E-state index is 0.234. The zero-order valence-corrected chi connectivity index (χ0v) is 13.4. The largest absolute Gasteiger partial charge is 0.370 e. The predicted octanol–water partition coefficient (Wildman–Crippen LogP) is 1.02. The van der Waals surface area contributed by atoms with Gasteiger partial charge >= 0.3 is 0 Å². The van der Waals surface area contributed by atoms with E-state index in [1.54, 1.807) is 12.3 Å². The third-order valence-corrected chi connectivity index (χ3v) is 2.85. The molecule has 0 fully saturated rings. The van der Waals surface area contributed by atoms with Crippen LogP contribution in [0.3, 0.4) is 0 Å². The highest BCUT2D eigenvalue weighted by Gasteiger charge is 2.03. The molecule has 0 amide bonds. The van der Waals surface area contributed by atoms with Crippen molar-refractivity contribution < 1.29 is 0 Å². The van der Waals surface area contributed by atoms with E-state index >= 15 is 0 Å². The van der Waals surface area contributed by atoms with E-state index in [-0.39, 0.29) is 11.9 Å². The van der Waals surface area contributed by atoms with E-state index in [1.165, 1.54) is 0 Å². The van der Waals surface area contributed by atoms with Gasteiger partial charge in [0.25, 0.3) is 0 Å². The molecule has 9 heteroatoms. The van der Waals surface area contributed by atoms with Crippen LogP contribution in [0.25, 0.3) is 0 Å². The Morgan fingerprint density at radius 3 is 2.17 bits per heavy atom. The van der Waals surface area contributed by atoms with E-state index in [0.29, 0.717) is 36.5 Å². The van der Waals surface area contributed by atoms with Crippen LogP contribution in [0.2, 0.25) is 0 Å². The van der Waals surface area contributed by atoms with Gasteiger partial charge in [0, 0.05) is 31.9 Å². The first-order chi connectivity index (χ1) is 11.0. The van der Waals surface area contributed by atoms with Gasteiger partial charge in [-0.15, -0.1) is 0 Å². The molecular formula is C14H23N9. The van der Waals surface area contributed by atoms with Crippen LogP contribution in [-0.2, 0) is 0 Å². The van der Waals surface area contributed by atoms with Gasteiger partial charge in [-0.05, 0) is 12.0 Å². The lowest BCUT2D eigenvalue weighted by Crippen LogP contribution is -2.16. The molecule has 0 spiro atoms. The maximum Gasteiger partial charge on any atom is 0.223 e. The molecule has 0 radical (unpaired) electrons. The van der Waals surface area contributed by atoms with Crippen molar-refractivity contribution in [3.8, 4) is 0 Å². The third-order valence-electron chi connectivity index (χ3n) is 2.85.